The topological polar surface area (TPSA) is 12.0 Å². The standard InChI is InChI=1S/C18H27N/c1-18(2,16-13-9-6-10-14-16)17(19-3)15-11-7-4-5-8-12-15/h6,9-11,13-14,17,19H,4-5,7-8,12H2,1-3H3. The van der Waals surface area contributed by atoms with Crippen LogP contribution in [-0.4, -0.2) is 13.1 Å². The first-order chi connectivity index (χ1) is 9.16. The van der Waals surface area contributed by atoms with E-state index in [-0.39, 0.29) is 5.41 Å². The summed E-state index contributed by atoms with van der Waals surface area (Å²) >= 11 is 0. The molecule has 104 valence electrons. The summed E-state index contributed by atoms with van der Waals surface area (Å²) in [6.45, 7) is 4.71. The lowest BCUT2D eigenvalue weighted by Crippen LogP contribution is -2.44. The Morgan fingerprint density at radius 3 is 2.47 bits per heavy atom. The van der Waals surface area contributed by atoms with Crippen molar-refractivity contribution in [2.75, 3.05) is 7.05 Å². The van der Waals surface area contributed by atoms with E-state index in [0.29, 0.717) is 6.04 Å². The molecule has 0 aromatic heterocycles. The van der Waals surface area contributed by atoms with Crippen molar-refractivity contribution in [2.45, 2.75) is 57.4 Å². The summed E-state index contributed by atoms with van der Waals surface area (Å²) in [6, 6.07) is 11.3. The summed E-state index contributed by atoms with van der Waals surface area (Å²) in [5, 5.41) is 3.57. The fourth-order valence-electron chi connectivity index (χ4n) is 3.35. The van der Waals surface area contributed by atoms with Crippen LogP contribution in [0, 0.1) is 0 Å². The Labute approximate surface area is 118 Å². The van der Waals surface area contributed by atoms with Gasteiger partial charge >= 0.3 is 0 Å². The Kier molecular flexibility index (Phi) is 4.81. The number of rotatable bonds is 4. The molecule has 0 heterocycles. The van der Waals surface area contributed by atoms with Gasteiger partial charge in [0, 0.05) is 11.5 Å². The fraction of sp³-hybridized carbons (Fsp3) is 0.556. The molecule has 1 atom stereocenters. The van der Waals surface area contributed by atoms with Crippen LogP contribution in [0.4, 0.5) is 0 Å². The van der Waals surface area contributed by atoms with Gasteiger partial charge in [0.15, 0.2) is 0 Å². The van der Waals surface area contributed by atoms with Gasteiger partial charge in [0.25, 0.3) is 0 Å². The van der Waals surface area contributed by atoms with E-state index in [9.17, 15) is 0 Å². The average Bonchev–Trinajstić information content (AvgIpc) is 2.69. The monoisotopic (exact) mass is 257 g/mol. The Hall–Kier alpha value is -1.08. The molecule has 0 saturated carbocycles. The molecule has 0 saturated heterocycles. The van der Waals surface area contributed by atoms with Gasteiger partial charge in [0.05, 0.1) is 0 Å². The van der Waals surface area contributed by atoms with Crippen molar-refractivity contribution in [3.8, 4) is 0 Å². The highest BCUT2D eigenvalue weighted by molar-refractivity contribution is 5.31. The smallest absolute Gasteiger partial charge is 0.0369 e. The van der Waals surface area contributed by atoms with Crippen LogP contribution in [0.5, 0.6) is 0 Å². The average molecular weight is 257 g/mol. The Morgan fingerprint density at radius 2 is 1.79 bits per heavy atom. The molecular weight excluding hydrogens is 230 g/mol. The zero-order chi connectivity index (χ0) is 13.7. The van der Waals surface area contributed by atoms with E-state index < -0.39 is 0 Å². The van der Waals surface area contributed by atoms with E-state index in [1.807, 2.05) is 0 Å². The third-order valence-electron chi connectivity index (χ3n) is 4.48. The third kappa shape index (κ3) is 3.27. The molecular formula is C18H27N. The molecule has 1 aromatic rings. The maximum absolute atomic E-state index is 3.57. The summed E-state index contributed by atoms with van der Waals surface area (Å²) in [6.07, 6.45) is 9.06. The van der Waals surface area contributed by atoms with Crippen LogP contribution in [0.2, 0.25) is 0 Å². The van der Waals surface area contributed by atoms with E-state index in [1.165, 1.54) is 37.7 Å². The van der Waals surface area contributed by atoms with Crippen LogP contribution in [0.3, 0.4) is 0 Å². The molecule has 2 rings (SSSR count). The molecule has 0 radical (unpaired) electrons. The minimum atomic E-state index is 0.131. The normalized spacial score (nSPS) is 18.6. The molecule has 1 aromatic carbocycles. The molecule has 1 unspecified atom stereocenters. The van der Waals surface area contributed by atoms with Crippen LogP contribution in [-0.2, 0) is 5.41 Å². The largest absolute Gasteiger partial charge is 0.313 e. The van der Waals surface area contributed by atoms with Crippen LogP contribution in [0.15, 0.2) is 42.0 Å². The fourth-order valence-corrected chi connectivity index (χ4v) is 3.35. The first kappa shape index (κ1) is 14.3. The Bertz CT molecular complexity index is 417. The molecule has 1 aliphatic rings. The first-order valence-corrected chi connectivity index (χ1v) is 7.58. The van der Waals surface area contributed by atoms with Crippen molar-refractivity contribution in [1.82, 2.24) is 5.32 Å². The third-order valence-corrected chi connectivity index (χ3v) is 4.48. The Balaban J connectivity index is 2.27. The molecule has 1 nitrogen and oxygen atoms in total. The van der Waals surface area contributed by atoms with Crippen molar-refractivity contribution < 1.29 is 0 Å². The second-order valence-corrected chi connectivity index (χ2v) is 6.19. The van der Waals surface area contributed by atoms with Gasteiger partial charge in [-0.1, -0.05) is 62.2 Å². The predicted octanol–water partition coefficient (Wildman–Crippen LogP) is 4.44. The van der Waals surface area contributed by atoms with E-state index in [4.69, 9.17) is 0 Å². The number of hydrogen-bond donors (Lipinski definition) is 1. The van der Waals surface area contributed by atoms with Gasteiger partial charge < -0.3 is 5.32 Å². The van der Waals surface area contributed by atoms with Crippen molar-refractivity contribution >= 4 is 0 Å². The zero-order valence-corrected chi connectivity index (χ0v) is 12.6. The molecule has 0 bridgehead atoms. The van der Waals surface area contributed by atoms with Gasteiger partial charge in [0.1, 0.15) is 0 Å². The summed E-state index contributed by atoms with van der Waals surface area (Å²) in [5.41, 5.74) is 3.15. The predicted molar refractivity (Wildman–Crippen MR) is 83.5 cm³/mol. The lowest BCUT2D eigenvalue weighted by atomic mass is 9.74. The summed E-state index contributed by atoms with van der Waals surface area (Å²) in [5.74, 6) is 0. The molecule has 0 amide bonds. The second kappa shape index (κ2) is 6.38. The van der Waals surface area contributed by atoms with Crippen molar-refractivity contribution in [1.29, 1.82) is 0 Å². The lowest BCUT2D eigenvalue weighted by molar-refractivity contribution is 0.391. The minimum absolute atomic E-state index is 0.131. The zero-order valence-electron chi connectivity index (χ0n) is 12.6. The van der Waals surface area contributed by atoms with Crippen LogP contribution in [0.1, 0.15) is 51.5 Å². The van der Waals surface area contributed by atoms with Gasteiger partial charge in [0.2, 0.25) is 0 Å². The molecule has 19 heavy (non-hydrogen) atoms. The van der Waals surface area contributed by atoms with E-state index in [1.54, 1.807) is 5.57 Å². The van der Waals surface area contributed by atoms with Crippen molar-refractivity contribution in [3.63, 3.8) is 0 Å². The van der Waals surface area contributed by atoms with Crippen LogP contribution in [0.25, 0.3) is 0 Å². The summed E-state index contributed by atoms with van der Waals surface area (Å²) < 4.78 is 0. The summed E-state index contributed by atoms with van der Waals surface area (Å²) in [4.78, 5) is 0. The number of allylic oxidation sites excluding steroid dienone is 1. The molecule has 1 aliphatic carbocycles. The minimum Gasteiger partial charge on any atom is -0.313 e. The number of benzene rings is 1. The van der Waals surface area contributed by atoms with Crippen molar-refractivity contribution in [2.24, 2.45) is 0 Å². The molecule has 1 N–H and O–H groups in total. The highest BCUT2D eigenvalue weighted by atomic mass is 14.9. The summed E-state index contributed by atoms with van der Waals surface area (Å²) in [7, 11) is 2.10. The van der Waals surface area contributed by atoms with Gasteiger partial charge in [-0.05, 0) is 38.3 Å². The first-order valence-electron chi connectivity index (χ1n) is 7.58. The number of likely N-dealkylation sites (N-methyl/N-ethyl adjacent to an activating group) is 1. The molecule has 0 spiro atoms. The van der Waals surface area contributed by atoms with Crippen molar-refractivity contribution in [3.05, 3.63) is 47.5 Å². The maximum Gasteiger partial charge on any atom is 0.0369 e. The Morgan fingerprint density at radius 1 is 1.05 bits per heavy atom. The number of hydrogen-bond acceptors (Lipinski definition) is 1. The van der Waals surface area contributed by atoms with Gasteiger partial charge in [-0.3, -0.25) is 0 Å². The van der Waals surface area contributed by atoms with Gasteiger partial charge in [-0.2, -0.15) is 0 Å². The van der Waals surface area contributed by atoms with Gasteiger partial charge in [-0.25, -0.2) is 0 Å². The van der Waals surface area contributed by atoms with E-state index in [0.717, 1.165) is 0 Å². The SMILES string of the molecule is CNC(C1=CCCCCC1)C(C)(C)c1ccccc1. The highest BCUT2D eigenvalue weighted by Crippen LogP contribution is 2.33. The van der Waals surface area contributed by atoms with Crippen LogP contribution < -0.4 is 5.32 Å². The molecule has 0 fully saturated rings. The van der Waals surface area contributed by atoms with E-state index in [2.05, 4.69) is 62.6 Å². The van der Waals surface area contributed by atoms with Gasteiger partial charge in [-0.15, -0.1) is 0 Å². The van der Waals surface area contributed by atoms with E-state index >= 15 is 0 Å². The quantitative estimate of drug-likeness (QED) is 0.786. The highest BCUT2D eigenvalue weighted by Gasteiger charge is 2.32. The second-order valence-electron chi connectivity index (χ2n) is 6.19. The maximum atomic E-state index is 3.57. The lowest BCUT2D eigenvalue weighted by Gasteiger charge is -2.36. The number of nitrogens with one attached hydrogen (secondary N) is 1. The molecule has 0 aliphatic heterocycles. The van der Waals surface area contributed by atoms with Crippen LogP contribution >= 0.6 is 0 Å². The molecule has 1 heteroatoms.